The Morgan fingerprint density at radius 1 is 1.29 bits per heavy atom. The van der Waals surface area contributed by atoms with Gasteiger partial charge in [-0.3, -0.25) is 4.79 Å². The van der Waals surface area contributed by atoms with Crippen molar-refractivity contribution >= 4 is 17.5 Å². The molecule has 0 saturated carbocycles. The Bertz CT molecular complexity index is 440. The number of carbonyl (C=O) groups is 1. The lowest BCUT2D eigenvalue weighted by molar-refractivity contribution is -0.122. The van der Waals surface area contributed by atoms with Gasteiger partial charge in [0.25, 0.3) is 0 Å². The van der Waals surface area contributed by atoms with E-state index < -0.39 is 0 Å². The quantitative estimate of drug-likeness (QED) is 0.671. The first-order valence-electron chi connectivity index (χ1n) is 7.14. The van der Waals surface area contributed by atoms with Gasteiger partial charge in [-0.2, -0.15) is 0 Å². The molecule has 0 bridgehead atoms. The average Bonchev–Trinajstić information content (AvgIpc) is 2.38. The molecular formula is C14H25N5O2. The maximum absolute atomic E-state index is 11.9. The number of anilines is 2. The fraction of sp³-hybridized carbons (Fsp3) is 0.643. The van der Waals surface area contributed by atoms with E-state index in [-0.39, 0.29) is 18.0 Å². The zero-order valence-corrected chi connectivity index (χ0v) is 13.4. The SMILES string of the molecule is CCNc1cc(NC(C)C(=O)NC(C)C)nc(COC)n1. The van der Waals surface area contributed by atoms with E-state index >= 15 is 0 Å². The van der Waals surface area contributed by atoms with Crippen LogP contribution in [0.1, 0.15) is 33.5 Å². The predicted molar refractivity (Wildman–Crippen MR) is 83.3 cm³/mol. The highest BCUT2D eigenvalue weighted by molar-refractivity contribution is 5.84. The van der Waals surface area contributed by atoms with E-state index in [9.17, 15) is 4.79 Å². The summed E-state index contributed by atoms with van der Waals surface area (Å²) in [6.07, 6.45) is 0. The highest BCUT2D eigenvalue weighted by Gasteiger charge is 2.15. The maximum Gasteiger partial charge on any atom is 0.242 e. The van der Waals surface area contributed by atoms with E-state index in [1.807, 2.05) is 20.8 Å². The Morgan fingerprint density at radius 2 is 1.95 bits per heavy atom. The van der Waals surface area contributed by atoms with Crippen molar-refractivity contribution in [3.05, 3.63) is 11.9 Å². The van der Waals surface area contributed by atoms with Gasteiger partial charge >= 0.3 is 0 Å². The molecule has 21 heavy (non-hydrogen) atoms. The average molecular weight is 295 g/mol. The fourth-order valence-corrected chi connectivity index (χ4v) is 1.73. The Hall–Kier alpha value is -1.89. The summed E-state index contributed by atoms with van der Waals surface area (Å²) in [5.41, 5.74) is 0. The van der Waals surface area contributed by atoms with Crippen molar-refractivity contribution in [2.75, 3.05) is 24.3 Å². The maximum atomic E-state index is 11.9. The first kappa shape index (κ1) is 17.2. The first-order valence-corrected chi connectivity index (χ1v) is 7.14. The zero-order chi connectivity index (χ0) is 15.8. The Kier molecular flexibility index (Phi) is 6.87. The molecule has 1 unspecified atom stereocenters. The minimum atomic E-state index is -0.382. The van der Waals surface area contributed by atoms with E-state index in [0.29, 0.717) is 24.1 Å². The number of hydrogen-bond acceptors (Lipinski definition) is 6. The van der Waals surface area contributed by atoms with Gasteiger partial charge in [0.2, 0.25) is 5.91 Å². The lowest BCUT2D eigenvalue weighted by Gasteiger charge is -2.17. The number of nitrogens with one attached hydrogen (secondary N) is 3. The second-order valence-electron chi connectivity index (χ2n) is 5.05. The predicted octanol–water partition coefficient (Wildman–Crippen LogP) is 1.38. The van der Waals surface area contributed by atoms with E-state index in [1.54, 1.807) is 20.1 Å². The topological polar surface area (TPSA) is 88.2 Å². The van der Waals surface area contributed by atoms with Gasteiger partial charge < -0.3 is 20.7 Å². The highest BCUT2D eigenvalue weighted by atomic mass is 16.5. The standard InChI is InChI=1S/C14H25N5O2/c1-6-15-11-7-12(19-13(18-11)8-21-5)17-10(4)14(20)16-9(2)3/h7,9-10H,6,8H2,1-5H3,(H,16,20)(H2,15,17,18,19). The molecule has 1 atom stereocenters. The Morgan fingerprint density at radius 3 is 2.52 bits per heavy atom. The van der Waals surface area contributed by atoms with Crippen molar-refractivity contribution in [3.63, 3.8) is 0 Å². The van der Waals surface area contributed by atoms with Gasteiger partial charge in [0, 0.05) is 25.8 Å². The van der Waals surface area contributed by atoms with Gasteiger partial charge in [-0.05, 0) is 27.7 Å². The Balaban J connectivity index is 2.82. The third-order valence-corrected chi connectivity index (χ3v) is 2.59. The molecule has 0 aliphatic heterocycles. The van der Waals surface area contributed by atoms with Crippen LogP contribution in [-0.2, 0) is 16.1 Å². The molecule has 0 aliphatic rings. The van der Waals surface area contributed by atoms with Crippen LogP contribution in [0.25, 0.3) is 0 Å². The fourth-order valence-electron chi connectivity index (χ4n) is 1.73. The van der Waals surface area contributed by atoms with Crippen LogP contribution in [0, 0.1) is 0 Å². The molecule has 0 aromatic carbocycles. The summed E-state index contributed by atoms with van der Waals surface area (Å²) in [6, 6.07) is 1.50. The van der Waals surface area contributed by atoms with E-state index in [0.717, 1.165) is 6.54 Å². The lowest BCUT2D eigenvalue weighted by Crippen LogP contribution is -2.41. The summed E-state index contributed by atoms with van der Waals surface area (Å²) in [6.45, 7) is 8.71. The molecule has 3 N–H and O–H groups in total. The molecule has 1 aromatic rings. The number of aromatic nitrogens is 2. The van der Waals surface area contributed by atoms with Crippen LogP contribution >= 0.6 is 0 Å². The summed E-state index contributed by atoms with van der Waals surface area (Å²) in [4.78, 5) is 20.6. The second kappa shape index (κ2) is 8.41. The Labute approximate surface area is 125 Å². The van der Waals surface area contributed by atoms with Crippen LogP contribution in [0.2, 0.25) is 0 Å². The molecule has 1 rings (SSSR count). The van der Waals surface area contributed by atoms with Crippen molar-refractivity contribution < 1.29 is 9.53 Å². The molecule has 0 aliphatic carbocycles. The molecule has 1 amide bonds. The molecule has 0 radical (unpaired) electrons. The van der Waals surface area contributed by atoms with Gasteiger partial charge in [0.15, 0.2) is 5.82 Å². The summed E-state index contributed by atoms with van der Waals surface area (Å²) in [5, 5.41) is 9.08. The minimum Gasteiger partial charge on any atom is -0.377 e. The molecule has 0 saturated heterocycles. The first-order chi connectivity index (χ1) is 9.96. The zero-order valence-electron chi connectivity index (χ0n) is 13.4. The molecule has 7 nitrogen and oxygen atoms in total. The van der Waals surface area contributed by atoms with Crippen LogP contribution in [0.5, 0.6) is 0 Å². The number of rotatable bonds is 8. The molecular weight excluding hydrogens is 270 g/mol. The van der Waals surface area contributed by atoms with Crippen LogP contribution < -0.4 is 16.0 Å². The normalized spacial score (nSPS) is 12.1. The van der Waals surface area contributed by atoms with Gasteiger partial charge in [-0.15, -0.1) is 0 Å². The van der Waals surface area contributed by atoms with Gasteiger partial charge in [-0.25, -0.2) is 9.97 Å². The largest absolute Gasteiger partial charge is 0.377 e. The van der Waals surface area contributed by atoms with E-state index in [1.165, 1.54) is 0 Å². The number of hydrogen-bond donors (Lipinski definition) is 3. The molecule has 0 fully saturated rings. The van der Waals surface area contributed by atoms with Crippen LogP contribution in [0.3, 0.4) is 0 Å². The third-order valence-electron chi connectivity index (χ3n) is 2.59. The van der Waals surface area contributed by atoms with Crippen LogP contribution in [0.4, 0.5) is 11.6 Å². The summed E-state index contributed by atoms with van der Waals surface area (Å²) < 4.78 is 5.06. The summed E-state index contributed by atoms with van der Waals surface area (Å²) in [5.74, 6) is 1.80. The van der Waals surface area contributed by atoms with E-state index in [4.69, 9.17) is 4.74 Å². The summed E-state index contributed by atoms with van der Waals surface area (Å²) in [7, 11) is 1.59. The third kappa shape index (κ3) is 5.95. The molecule has 1 aromatic heterocycles. The van der Waals surface area contributed by atoms with Crippen LogP contribution in [0.15, 0.2) is 6.07 Å². The minimum absolute atomic E-state index is 0.0677. The molecule has 0 spiro atoms. The smallest absolute Gasteiger partial charge is 0.242 e. The van der Waals surface area contributed by atoms with Crippen molar-refractivity contribution in [3.8, 4) is 0 Å². The van der Waals surface area contributed by atoms with Crippen LogP contribution in [-0.4, -0.2) is 41.6 Å². The molecule has 7 heteroatoms. The number of amides is 1. The monoisotopic (exact) mass is 295 g/mol. The van der Waals surface area contributed by atoms with Gasteiger partial charge in [0.1, 0.15) is 24.3 Å². The number of carbonyl (C=O) groups excluding carboxylic acids is 1. The van der Waals surface area contributed by atoms with Crippen molar-refractivity contribution in [2.45, 2.75) is 46.4 Å². The highest BCUT2D eigenvalue weighted by Crippen LogP contribution is 2.13. The van der Waals surface area contributed by atoms with Gasteiger partial charge in [0.05, 0.1) is 0 Å². The molecule has 1 heterocycles. The van der Waals surface area contributed by atoms with Crippen molar-refractivity contribution in [2.24, 2.45) is 0 Å². The van der Waals surface area contributed by atoms with Crippen molar-refractivity contribution in [1.29, 1.82) is 0 Å². The lowest BCUT2D eigenvalue weighted by atomic mass is 10.3. The number of methoxy groups -OCH3 is 1. The summed E-state index contributed by atoms with van der Waals surface area (Å²) >= 11 is 0. The van der Waals surface area contributed by atoms with E-state index in [2.05, 4.69) is 25.9 Å². The van der Waals surface area contributed by atoms with Gasteiger partial charge in [-0.1, -0.05) is 0 Å². The molecule has 118 valence electrons. The second-order valence-corrected chi connectivity index (χ2v) is 5.05. The number of ether oxygens (including phenoxy) is 1. The number of nitrogens with zero attached hydrogens (tertiary/aromatic N) is 2. The van der Waals surface area contributed by atoms with Crippen molar-refractivity contribution in [1.82, 2.24) is 15.3 Å².